The molecular weight excluding hydrogens is 340 g/mol. The number of likely N-dealkylation sites (tertiary alicyclic amines) is 1. The number of ether oxygens (including phenoxy) is 1. The van der Waals surface area contributed by atoms with Gasteiger partial charge in [0.15, 0.2) is 0 Å². The van der Waals surface area contributed by atoms with E-state index in [-0.39, 0.29) is 11.8 Å². The van der Waals surface area contributed by atoms with Crippen LogP contribution in [0.3, 0.4) is 0 Å². The molecule has 0 aromatic heterocycles. The van der Waals surface area contributed by atoms with Crippen LogP contribution in [0.4, 0.5) is 0 Å². The van der Waals surface area contributed by atoms with Crippen molar-refractivity contribution in [3.05, 3.63) is 35.4 Å². The largest absolute Gasteiger partial charge is 0.378 e. The van der Waals surface area contributed by atoms with Crippen molar-refractivity contribution in [3.8, 4) is 0 Å². The monoisotopic (exact) mass is 368 g/mol. The van der Waals surface area contributed by atoms with Crippen molar-refractivity contribution in [1.82, 2.24) is 9.80 Å². The Morgan fingerprint density at radius 3 is 1.67 bits per heavy atom. The molecule has 2 bridgehead atoms. The zero-order chi connectivity index (χ0) is 18.4. The number of hydrogen-bond acceptors (Lipinski definition) is 3. The minimum atomic E-state index is 0.0288. The van der Waals surface area contributed by atoms with Gasteiger partial charge >= 0.3 is 0 Å². The van der Waals surface area contributed by atoms with Crippen LogP contribution in [0.1, 0.15) is 46.4 Å². The van der Waals surface area contributed by atoms with Crippen LogP contribution in [-0.2, 0) is 4.74 Å². The van der Waals surface area contributed by atoms with Gasteiger partial charge in [-0.2, -0.15) is 0 Å². The Hall–Kier alpha value is -1.88. The molecule has 2 amide bonds. The van der Waals surface area contributed by atoms with Gasteiger partial charge in [0.25, 0.3) is 11.8 Å². The Morgan fingerprint density at radius 1 is 0.741 bits per heavy atom. The number of benzene rings is 1. The smallest absolute Gasteiger partial charge is 0.254 e. The Kier molecular flexibility index (Phi) is 4.43. The maximum atomic E-state index is 13.0. The predicted molar refractivity (Wildman–Crippen MR) is 101 cm³/mol. The fraction of sp³-hybridized carbons (Fsp3) is 0.636. The number of nitrogens with zero attached hydrogens (tertiary/aromatic N) is 2. The van der Waals surface area contributed by atoms with Gasteiger partial charge < -0.3 is 14.5 Å². The van der Waals surface area contributed by atoms with E-state index in [1.807, 2.05) is 17.0 Å². The van der Waals surface area contributed by atoms with E-state index in [9.17, 15) is 9.59 Å². The molecule has 5 nitrogen and oxygen atoms in total. The zero-order valence-corrected chi connectivity index (χ0v) is 15.8. The fourth-order valence-corrected chi connectivity index (χ4v) is 5.91. The highest BCUT2D eigenvalue weighted by Crippen LogP contribution is 2.51. The number of rotatable bonds is 2. The SMILES string of the molecule is O=C(c1ccc(C(=O)N2C[C@@H]3C4CCC(CC4)[C@@H]3C2)cc1)N1CCOCC1. The van der Waals surface area contributed by atoms with Crippen LogP contribution in [0.15, 0.2) is 24.3 Å². The van der Waals surface area contributed by atoms with Gasteiger partial charge in [0.05, 0.1) is 13.2 Å². The molecule has 1 aromatic carbocycles. The molecule has 3 aliphatic carbocycles. The highest BCUT2D eigenvalue weighted by atomic mass is 16.5. The molecule has 2 atom stereocenters. The molecule has 6 rings (SSSR count). The highest BCUT2D eigenvalue weighted by Gasteiger charge is 2.49. The minimum absolute atomic E-state index is 0.0288. The van der Waals surface area contributed by atoms with Crippen molar-refractivity contribution >= 4 is 11.8 Å². The van der Waals surface area contributed by atoms with Crippen LogP contribution >= 0.6 is 0 Å². The lowest BCUT2D eigenvalue weighted by Crippen LogP contribution is -2.40. The summed E-state index contributed by atoms with van der Waals surface area (Å²) in [6, 6.07) is 7.26. The molecule has 0 unspecified atom stereocenters. The number of carbonyl (C=O) groups excluding carboxylic acids is 2. The number of amides is 2. The summed E-state index contributed by atoms with van der Waals surface area (Å²) in [6.45, 7) is 4.33. The second-order valence-corrected chi connectivity index (χ2v) is 8.69. The Morgan fingerprint density at radius 2 is 1.19 bits per heavy atom. The summed E-state index contributed by atoms with van der Waals surface area (Å²) < 4.78 is 5.31. The van der Waals surface area contributed by atoms with Gasteiger partial charge in [-0.1, -0.05) is 0 Å². The summed E-state index contributed by atoms with van der Waals surface area (Å²) in [6.07, 6.45) is 5.47. The summed E-state index contributed by atoms with van der Waals surface area (Å²) >= 11 is 0. The normalized spacial score (nSPS) is 32.4. The van der Waals surface area contributed by atoms with Crippen molar-refractivity contribution in [2.75, 3.05) is 39.4 Å². The second-order valence-electron chi connectivity index (χ2n) is 8.69. The van der Waals surface area contributed by atoms with Crippen LogP contribution in [0.25, 0.3) is 0 Å². The summed E-state index contributed by atoms with van der Waals surface area (Å²) in [5, 5.41) is 0. The van der Waals surface area contributed by atoms with Crippen molar-refractivity contribution < 1.29 is 14.3 Å². The van der Waals surface area contributed by atoms with E-state index in [1.165, 1.54) is 25.7 Å². The van der Waals surface area contributed by atoms with Gasteiger partial charge in [0.1, 0.15) is 0 Å². The molecule has 0 radical (unpaired) electrons. The molecular formula is C22H28N2O3. The van der Waals surface area contributed by atoms with Crippen molar-refractivity contribution in [1.29, 1.82) is 0 Å². The van der Waals surface area contributed by atoms with Crippen LogP contribution in [0.2, 0.25) is 0 Å². The fourth-order valence-electron chi connectivity index (χ4n) is 5.91. The lowest BCUT2D eigenvalue weighted by molar-refractivity contribution is 0.0303. The molecule has 5 heteroatoms. The lowest BCUT2D eigenvalue weighted by Gasteiger charge is -2.44. The van der Waals surface area contributed by atoms with Crippen molar-refractivity contribution in [2.45, 2.75) is 25.7 Å². The van der Waals surface area contributed by atoms with Gasteiger partial charge in [-0.3, -0.25) is 9.59 Å². The summed E-state index contributed by atoms with van der Waals surface area (Å²) in [4.78, 5) is 29.5. The number of fused-ring (bicyclic) bond motifs is 2. The third-order valence-corrected chi connectivity index (χ3v) is 7.40. The van der Waals surface area contributed by atoms with E-state index >= 15 is 0 Å². The van der Waals surface area contributed by atoms with Gasteiger partial charge in [-0.05, 0) is 73.6 Å². The Labute approximate surface area is 160 Å². The molecule has 2 heterocycles. The van der Waals surface area contributed by atoms with Crippen LogP contribution in [0, 0.1) is 23.7 Å². The third kappa shape index (κ3) is 3.06. The van der Waals surface area contributed by atoms with E-state index < -0.39 is 0 Å². The number of hydrogen-bond donors (Lipinski definition) is 0. The Bertz CT molecular complexity index is 698. The van der Waals surface area contributed by atoms with Gasteiger partial charge in [0, 0.05) is 37.3 Å². The topological polar surface area (TPSA) is 49.9 Å². The average Bonchev–Trinajstić information content (AvgIpc) is 3.22. The van der Waals surface area contributed by atoms with Gasteiger partial charge in [0.2, 0.25) is 0 Å². The molecule has 144 valence electrons. The molecule has 2 aliphatic heterocycles. The molecule has 2 saturated heterocycles. The van der Waals surface area contributed by atoms with Gasteiger partial charge in [-0.15, -0.1) is 0 Å². The highest BCUT2D eigenvalue weighted by molar-refractivity contribution is 5.98. The molecule has 27 heavy (non-hydrogen) atoms. The molecule has 5 aliphatic rings. The average molecular weight is 368 g/mol. The van der Waals surface area contributed by atoms with E-state index in [2.05, 4.69) is 4.90 Å². The number of morpholine rings is 1. The quantitative estimate of drug-likeness (QED) is 0.806. The second kappa shape index (κ2) is 6.93. The first-order valence-electron chi connectivity index (χ1n) is 10.5. The van der Waals surface area contributed by atoms with E-state index in [4.69, 9.17) is 4.74 Å². The van der Waals surface area contributed by atoms with Gasteiger partial charge in [-0.25, -0.2) is 0 Å². The molecule has 0 spiro atoms. The third-order valence-electron chi connectivity index (χ3n) is 7.40. The van der Waals surface area contributed by atoms with E-state index in [1.54, 1.807) is 12.1 Å². The van der Waals surface area contributed by atoms with Crippen LogP contribution in [-0.4, -0.2) is 61.0 Å². The summed E-state index contributed by atoms with van der Waals surface area (Å²) in [5.41, 5.74) is 1.36. The standard InChI is InChI=1S/C22H28N2O3/c25-21(23-9-11-27-12-10-23)17-5-7-18(8-6-17)22(26)24-13-19-15-1-2-16(4-3-15)20(19)14-24/h5-8,15-16,19-20H,1-4,9-14H2/t15?,16?,19-,20+. The minimum Gasteiger partial charge on any atom is -0.378 e. The van der Waals surface area contributed by atoms with E-state index in [0.29, 0.717) is 37.4 Å². The number of carbonyl (C=O) groups is 2. The first kappa shape index (κ1) is 17.2. The molecule has 3 saturated carbocycles. The maximum Gasteiger partial charge on any atom is 0.254 e. The summed E-state index contributed by atoms with van der Waals surface area (Å²) in [7, 11) is 0. The predicted octanol–water partition coefficient (Wildman–Crippen LogP) is 2.67. The van der Waals surface area contributed by atoms with Crippen LogP contribution in [0.5, 0.6) is 0 Å². The van der Waals surface area contributed by atoms with Crippen molar-refractivity contribution in [3.63, 3.8) is 0 Å². The lowest BCUT2D eigenvalue weighted by atomic mass is 9.60. The first-order valence-corrected chi connectivity index (χ1v) is 10.5. The first-order chi connectivity index (χ1) is 13.2. The van der Waals surface area contributed by atoms with Crippen molar-refractivity contribution in [2.24, 2.45) is 23.7 Å². The zero-order valence-electron chi connectivity index (χ0n) is 15.8. The Balaban J connectivity index is 1.26. The maximum absolute atomic E-state index is 13.0. The van der Waals surface area contributed by atoms with Crippen LogP contribution < -0.4 is 0 Å². The molecule has 1 aromatic rings. The molecule has 0 N–H and O–H groups in total. The molecule has 5 fully saturated rings. The summed E-state index contributed by atoms with van der Waals surface area (Å²) in [5.74, 6) is 3.29. The van der Waals surface area contributed by atoms with E-state index in [0.717, 1.165) is 36.8 Å².